The zero-order valence-electron chi connectivity index (χ0n) is 19.5. The Labute approximate surface area is 225 Å². The second-order valence-corrected chi connectivity index (χ2v) is 8.93. The van der Waals surface area contributed by atoms with Gasteiger partial charge < -0.3 is 9.47 Å². The van der Waals surface area contributed by atoms with Gasteiger partial charge in [-0.05, 0) is 71.0 Å². The number of ether oxygens (including phenoxy) is 2. The summed E-state index contributed by atoms with van der Waals surface area (Å²) in [5.74, 6) is -0.775. The molecule has 1 fully saturated rings. The van der Waals surface area contributed by atoms with Crippen molar-refractivity contribution in [1.82, 2.24) is 5.32 Å². The van der Waals surface area contributed by atoms with E-state index in [1.165, 1.54) is 18.2 Å². The Morgan fingerprint density at radius 3 is 2.49 bits per heavy atom. The number of nitro benzene ring substituents is 1. The van der Waals surface area contributed by atoms with Gasteiger partial charge in [-0.1, -0.05) is 30.3 Å². The molecular formula is C26H20IN3O7. The number of nitrogens with zero attached hydrogens (tertiary/aromatic N) is 2. The predicted octanol–water partition coefficient (Wildman–Crippen LogP) is 4.84. The van der Waals surface area contributed by atoms with E-state index in [9.17, 15) is 24.5 Å². The summed E-state index contributed by atoms with van der Waals surface area (Å²) in [4.78, 5) is 49.5. The third-order valence-corrected chi connectivity index (χ3v) is 6.06. The summed E-state index contributed by atoms with van der Waals surface area (Å²) in [6, 6.07) is 16.9. The Balaban J connectivity index is 1.64. The maximum atomic E-state index is 13.1. The smallest absolute Gasteiger partial charge is 0.335 e. The Kier molecular flexibility index (Phi) is 7.82. The van der Waals surface area contributed by atoms with Crippen LogP contribution in [0.3, 0.4) is 0 Å². The number of non-ortho nitro benzene ring substituents is 1. The van der Waals surface area contributed by atoms with Crippen molar-refractivity contribution in [2.75, 3.05) is 11.5 Å². The first kappa shape index (κ1) is 25.8. The number of carbonyl (C=O) groups is 3. The van der Waals surface area contributed by atoms with Crippen LogP contribution < -0.4 is 19.7 Å². The van der Waals surface area contributed by atoms with Crippen LogP contribution in [0.5, 0.6) is 11.5 Å². The quantitative estimate of drug-likeness (QED) is 0.127. The van der Waals surface area contributed by atoms with Gasteiger partial charge >= 0.3 is 6.03 Å². The SMILES string of the molecule is CCOc1cc(/C=C2\C(=O)NC(=O)N(c3ccccc3)C2=O)cc(I)c1OCc1cccc([N+](=O)[O-])c1. The average Bonchev–Trinajstić information content (AvgIpc) is 2.87. The van der Waals surface area contributed by atoms with Crippen LogP contribution in [0.2, 0.25) is 0 Å². The number of imide groups is 2. The highest BCUT2D eigenvalue weighted by Crippen LogP contribution is 2.36. The number of carbonyl (C=O) groups excluding carboxylic acids is 3. The fourth-order valence-electron chi connectivity index (χ4n) is 3.63. The van der Waals surface area contributed by atoms with E-state index < -0.39 is 22.8 Å². The van der Waals surface area contributed by atoms with Crippen molar-refractivity contribution < 1.29 is 28.8 Å². The standard InChI is InChI=1S/C26H20IN3O7/c1-2-36-22-14-17(13-21(27)23(22)37-15-16-7-6-10-19(11-16)30(34)35)12-20-24(31)28-26(33)29(25(20)32)18-8-4-3-5-9-18/h3-14H,2,15H2,1H3,(H,28,31,33)/b20-12+. The minimum atomic E-state index is -0.826. The molecule has 37 heavy (non-hydrogen) atoms. The van der Waals surface area contributed by atoms with Crippen LogP contribution in [0.4, 0.5) is 16.2 Å². The maximum absolute atomic E-state index is 13.1. The molecule has 0 unspecified atom stereocenters. The number of barbiturate groups is 1. The van der Waals surface area contributed by atoms with Crippen LogP contribution in [0.15, 0.2) is 72.3 Å². The van der Waals surface area contributed by atoms with Crippen molar-refractivity contribution in [2.45, 2.75) is 13.5 Å². The molecule has 1 aliphatic rings. The van der Waals surface area contributed by atoms with Gasteiger partial charge in [-0.25, -0.2) is 9.69 Å². The van der Waals surface area contributed by atoms with Crippen molar-refractivity contribution >= 4 is 57.9 Å². The van der Waals surface area contributed by atoms with Gasteiger partial charge in [0.15, 0.2) is 11.5 Å². The van der Waals surface area contributed by atoms with Gasteiger partial charge in [0.1, 0.15) is 12.2 Å². The number of nitrogens with one attached hydrogen (secondary N) is 1. The predicted molar refractivity (Wildman–Crippen MR) is 143 cm³/mol. The first-order valence-corrected chi connectivity index (χ1v) is 12.2. The first-order chi connectivity index (χ1) is 17.8. The highest BCUT2D eigenvalue weighted by atomic mass is 127. The first-order valence-electron chi connectivity index (χ1n) is 11.1. The lowest BCUT2D eigenvalue weighted by molar-refractivity contribution is -0.384. The number of urea groups is 1. The average molecular weight is 613 g/mol. The monoisotopic (exact) mass is 613 g/mol. The molecule has 0 spiro atoms. The van der Waals surface area contributed by atoms with Crippen molar-refractivity contribution in [1.29, 1.82) is 0 Å². The molecule has 0 radical (unpaired) electrons. The van der Waals surface area contributed by atoms with Gasteiger partial charge in [-0.2, -0.15) is 0 Å². The zero-order valence-corrected chi connectivity index (χ0v) is 21.6. The number of hydrogen-bond acceptors (Lipinski definition) is 7. The number of hydrogen-bond donors (Lipinski definition) is 1. The van der Waals surface area contributed by atoms with Crippen LogP contribution in [0.25, 0.3) is 6.08 Å². The minimum Gasteiger partial charge on any atom is -0.490 e. The van der Waals surface area contributed by atoms with Crippen molar-refractivity contribution in [3.8, 4) is 11.5 Å². The van der Waals surface area contributed by atoms with Gasteiger partial charge in [-0.3, -0.25) is 25.0 Å². The number of rotatable bonds is 8. The van der Waals surface area contributed by atoms with Crippen LogP contribution >= 0.6 is 22.6 Å². The molecule has 0 bridgehead atoms. The molecule has 0 saturated carbocycles. The summed E-state index contributed by atoms with van der Waals surface area (Å²) in [7, 11) is 0. The molecule has 3 aromatic carbocycles. The van der Waals surface area contributed by atoms with Crippen molar-refractivity contribution in [3.63, 3.8) is 0 Å². The van der Waals surface area contributed by atoms with Crippen LogP contribution in [0, 0.1) is 13.7 Å². The molecule has 1 aliphatic heterocycles. The van der Waals surface area contributed by atoms with Gasteiger partial charge in [0.2, 0.25) is 0 Å². The van der Waals surface area contributed by atoms with Crippen LogP contribution in [-0.4, -0.2) is 29.4 Å². The van der Waals surface area contributed by atoms with E-state index in [4.69, 9.17) is 9.47 Å². The molecule has 0 atom stereocenters. The summed E-state index contributed by atoms with van der Waals surface area (Å²) >= 11 is 2.04. The van der Waals surface area contributed by atoms with E-state index >= 15 is 0 Å². The van der Waals surface area contributed by atoms with Gasteiger partial charge in [0.05, 0.1) is 20.8 Å². The lowest BCUT2D eigenvalue weighted by Crippen LogP contribution is -2.54. The second-order valence-electron chi connectivity index (χ2n) is 7.77. The van der Waals surface area contributed by atoms with Gasteiger partial charge in [0, 0.05) is 12.1 Å². The second kappa shape index (κ2) is 11.2. The highest BCUT2D eigenvalue weighted by Gasteiger charge is 2.36. The molecule has 188 valence electrons. The Morgan fingerprint density at radius 2 is 1.78 bits per heavy atom. The third kappa shape index (κ3) is 5.77. The van der Waals surface area contributed by atoms with E-state index in [1.54, 1.807) is 61.5 Å². The van der Waals surface area contributed by atoms with E-state index in [1.807, 2.05) is 22.6 Å². The Morgan fingerprint density at radius 1 is 1.03 bits per heavy atom. The summed E-state index contributed by atoms with van der Waals surface area (Å²) < 4.78 is 12.3. The number of para-hydroxylation sites is 1. The summed E-state index contributed by atoms with van der Waals surface area (Å²) in [6.07, 6.45) is 1.38. The molecule has 0 aliphatic carbocycles. The van der Waals surface area contributed by atoms with E-state index in [2.05, 4.69) is 5.32 Å². The number of benzene rings is 3. The van der Waals surface area contributed by atoms with Crippen LogP contribution in [0.1, 0.15) is 18.1 Å². The lowest BCUT2D eigenvalue weighted by atomic mass is 10.1. The number of halogens is 1. The molecule has 11 heteroatoms. The van der Waals surface area contributed by atoms with Gasteiger partial charge in [-0.15, -0.1) is 0 Å². The molecule has 1 N–H and O–H groups in total. The molecule has 3 aromatic rings. The van der Waals surface area contributed by atoms with Crippen molar-refractivity contribution in [2.24, 2.45) is 0 Å². The minimum absolute atomic E-state index is 0.0405. The fourth-order valence-corrected chi connectivity index (χ4v) is 4.41. The molecule has 10 nitrogen and oxygen atoms in total. The van der Waals surface area contributed by atoms with E-state index in [-0.39, 0.29) is 17.9 Å². The molecule has 4 amide bonds. The Bertz CT molecular complexity index is 1420. The molecular weight excluding hydrogens is 593 g/mol. The van der Waals surface area contributed by atoms with Crippen molar-refractivity contribution in [3.05, 3.63) is 97.1 Å². The number of nitro groups is 1. The molecule has 0 aromatic heterocycles. The molecule has 1 heterocycles. The molecule has 1 saturated heterocycles. The number of amides is 4. The summed E-state index contributed by atoms with van der Waals surface area (Å²) in [6.45, 7) is 2.18. The number of anilines is 1. The van der Waals surface area contributed by atoms with Crippen LogP contribution in [-0.2, 0) is 16.2 Å². The molecule has 4 rings (SSSR count). The fraction of sp³-hybridized carbons (Fsp3) is 0.115. The lowest BCUT2D eigenvalue weighted by Gasteiger charge is -2.26. The summed E-state index contributed by atoms with van der Waals surface area (Å²) in [5.41, 5.74) is 1.16. The maximum Gasteiger partial charge on any atom is 0.335 e. The Hall–Kier alpha value is -4.26. The largest absolute Gasteiger partial charge is 0.490 e. The van der Waals surface area contributed by atoms with E-state index in [0.29, 0.717) is 38.5 Å². The normalized spacial score (nSPS) is 14.5. The van der Waals surface area contributed by atoms with E-state index in [0.717, 1.165) is 4.90 Å². The van der Waals surface area contributed by atoms with Gasteiger partial charge in [0.25, 0.3) is 17.5 Å². The zero-order chi connectivity index (χ0) is 26.5. The summed E-state index contributed by atoms with van der Waals surface area (Å²) in [5, 5.41) is 13.2. The third-order valence-electron chi connectivity index (χ3n) is 5.26. The topological polar surface area (TPSA) is 128 Å². The highest BCUT2D eigenvalue weighted by molar-refractivity contribution is 14.1.